The maximum Gasteiger partial charge on any atom is 0.264 e. The van der Waals surface area contributed by atoms with Gasteiger partial charge in [-0.2, -0.15) is 0 Å². The molecule has 1 fully saturated rings. The average molecular weight is 647 g/mol. The van der Waals surface area contributed by atoms with Gasteiger partial charge in [-0.15, -0.1) is 0 Å². The van der Waals surface area contributed by atoms with Crippen molar-refractivity contribution in [3.05, 3.63) is 58.1 Å². The summed E-state index contributed by atoms with van der Waals surface area (Å²) in [6.07, 6.45) is 7.26. The molecule has 5 rings (SSSR count). The minimum absolute atomic E-state index is 0.142. The molecule has 10 heteroatoms. The lowest BCUT2D eigenvalue weighted by Gasteiger charge is -2.51. The van der Waals surface area contributed by atoms with E-state index in [9.17, 15) is 13.2 Å². The van der Waals surface area contributed by atoms with E-state index >= 15 is 0 Å². The van der Waals surface area contributed by atoms with Gasteiger partial charge in [-0.05, 0) is 111 Å². The smallest absolute Gasteiger partial charge is 0.264 e. The summed E-state index contributed by atoms with van der Waals surface area (Å²) in [4.78, 5) is 15.8. The first-order valence-corrected chi connectivity index (χ1v) is 17.9. The van der Waals surface area contributed by atoms with E-state index in [0.29, 0.717) is 47.8 Å². The first-order valence-electron chi connectivity index (χ1n) is 16.0. The molecule has 1 aliphatic carbocycles. The van der Waals surface area contributed by atoms with Crippen molar-refractivity contribution in [2.45, 2.75) is 82.7 Å². The molecule has 8 nitrogen and oxygen atoms in total. The zero-order valence-corrected chi connectivity index (χ0v) is 28.0. The normalized spacial score (nSPS) is 29.6. The highest BCUT2D eigenvalue weighted by molar-refractivity contribution is 7.90. The number of rotatable bonds is 3. The summed E-state index contributed by atoms with van der Waals surface area (Å²) in [6.45, 7) is 6.04. The summed E-state index contributed by atoms with van der Waals surface area (Å²) in [7, 11) is -0.393. The maximum absolute atomic E-state index is 13.4. The van der Waals surface area contributed by atoms with Crippen LogP contribution in [0.25, 0.3) is 0 Å². The first kappa shape index (κ1) is 33.0. The van der Waals surface area contributed by atoms with Crippen molar-refractivity contribution in [2.75, 3.05) is 38.8 Å². The topological polar surface area (TPSA) is 94.2 Å². The van der Waals surface area contributed by atoms with Crippen molar-refractivity contribution in [1.29, 1.82) is 0 Å². The van der Waals surface area contributed by atoms with Crippen molar-refractivity contribution in [3.8, 4) is 5.75 Å². The number of nitrogens with one attached hydrogen (secondary N) is 1. The van der Waals surface area contributed by atoms with Crippen LogP contribution >= 0.6 is 11.6 Å². The fraction of sp³-hybridized carbons (Fsp3) is 0.618. The lowest BCUT2D eigenvalue weighted by molar-refractivity contribution is -0.147. The Hall–Kier alpha value is -2.33. The van der Waals surface area contributed by atoms with Crippen LogP contribution in [-0.2, 0) is 32.5 Å². The van der Waals surface area contributed by atoms with Crippen LogP contribution in [0.5, 0.6) is 5.75 Å². The molecule has 2 aromatic rings. The highest BCUT2D eigenvalue weighted by atomic mass is 35.5. The zero-order chi connectivity index (χ0) is 31.5. The van der Waals surface area contributed by atoms with E-state index in [1.54, 1.807) is 39.3 Å². The minimum atomic E-state index is -3.90. The fourth-order valence-corrected chi connectivity index (χ4v) is 8.81. The van der Waals surface area contributed by atoms with Crippen LogP contribution in [0.15, 0.2) is 36.4 Å². The Balaban J connectivity index is 1.56. The number of hydrogen-bond acceptors (Lipinski definition) is 7. The number of ether oxygens (including phenoxy) is 3. The Morgan fingerprint density at radius 2 is 1.86 bits per heavy atom. The van der Waals surface area contributed by atoms with Crippen molar-refractivity contribution in [3.63, 3.8) is 0 Å². The van der Waals surface area contributed by atoms with Gasteiger partial charge in [0.2, 0.25) is 10.0 Å². The van der Waals surface area contributed by atoms with Gasteiger partial charge in [-0.1, -0.05) is 31.0 Å². The number of amides is 1. The van der Waals surface area contributed by atoms with Gasteiger partial charge in [-0.25, -0.2) is 13.1 Å². The second-order valence-corrected chi connectivity index (χ2v) is 15.5. The molecular formula is C34H47ClN2O6S. The van der Waals surface area contributed by atoms with Gasteiger partial charge in [0, 0.05) is 37.9 Å². The number of methoxy groups -OCH3 is 2. The molecular weight excluding hydrogens is 600 g/mol. The van der Waals surface area contributed by atoms with Crippen LogP contribution in [0.3, 0.4) is 0 Å². The van der Waals surface area contributed by atoms with E-state index < -0.39 is 26.8 Å². The highest BCUT2D eigenvalue weighted by Gasteiger charge is 2.48. The molecule has 0 unspecified atom stereocenters. The summed E-state index contributed by atoms with van der Waals surface area (Å²) in [5, 5.41) is -0.0171. The molecule has 0 radical (unpaired) electrons. The third-order valence-corrected chi connectivity index (χ3v) is 12.5. The summed E-state index contributed by atoms with van der Waals surface area (Å²) >= 11 is 6.34. The van der Waals surface area contributed by atoms with E-state index in [0.717, 1.165) is 69.3 Å². The van der Waals surface area contributed by atoms with Crippen LogP contribution in [0.1, 0.15) is 80.3 Å². The van der Waals surface area contributed by atoms with Crippen molar-refractivity contribution in [1.82, 2.24) is 4.72 Å². The molecule has 2 heterocycles. The molecule has 1 amide bonds. The Morgan fingerprint density at radius 3 is 2.59 bits per heavy atom. The summed E-state index contributed by atoms with van der Waals surface area (Å²) < 4.78 is 47.6. The van der Waals surface area contributed by atoms with Gasteiger partial charge in [0.1, 0.15) is 12.4 Å². The van der Waals surface area contributed by atoms with Gasteiger partial charge >= 0.3 is 0 Å². The minimum Gasteiger partial charge on any atom is -0.487 e. The van der Waals surface area contributed by atoms with Crippen molar-refractivity contribution in [2.24, 2.45) is 17.8 Å². The molecule has 0 spiro atoms. The zero-order valence-electron chi connectivity index (χ0n) is 26.4. The van der Waals surface area contributed by atoms with Gasteiger partial charge in [0.25, 0.3) is 5.91 Å². The monoisotopic (exact) mass is 646 g/mol. The number of carbonyl (C=O) groups is 1. The number of anilines is 1. The van der Waals surface area contributed by atoms with Crippen molar-refractivity contribution < 1.29 is 27.4 Å². The second-order valence-electron chi connectivity index (χ2n) is 13.0. The average Bonchev–Trinajstić information content (AvgIpc) is 3.01. The number of benzene rings is 2. The van der Waals surface area contributed by atoms with Crippen LogP contribution in [0.4, 0.5) is 5.69 Å². The van der Waals surface area contributed by atoms with Gasteiger partial charge < -0.3 is 19.1 Å². The number of fused-ring (bicyclic) bond motifs is 3. The Labute approximate surface area is 267 Å². The van der Waals surface area contributed by atoms with E-state index in [4.69, 9.17) is 25.8 Å². The Morgan fingerprint density at radius 1 is 1.05 bits per heavy atom. The SMILES string of the molecule is COC[C@]1(OC)CCC[C@H](C)[C@@H](C)S(=O)(=O)NC(=O)c2ccc3c(c2)N(CCCCc2cc(Cl)ccc2CO3)C[C@@H]2CC[C@H]21. The van der Waals surface area contributed by atoms with E-state index in [1.165, 1.54) is 5.56 Å². The predicted octanol–water partition coefficient (Wildman–Crippen LogP) is 6.39. The van der Waals surface area contributed by atoms with E-state index in [-0.39, 0.29) is 5.92 Å². The second kappa shape index (κ2) is 14.0. The molecule has 242 valence electrons. The number of aryl methyl sites for hydroxylation is 1. The number of carbonyl (C=O) groups excluding carboxylic acids is 1. The van der Waals surface area contributed by atoms with Crippen molar-refractivity contribution >= 4 is 33.2 Å². The first-order chi connectivity index (χ1) is 21.1. The number of nitrogens with zero attached hydrogens (tertiary/aromatic N) is 1. The molecule has 1 saturated carbocycles. The lowest BCUT2D eigenvalue weighted by Crippen LogP contribution is -2.54. The molecule has 2 aromatic carbocycles. The lowest BCUT2D eigenvalue weighted by atomic mass is 9.63. The molecule has 2 aliphatic heterocycles. The van der Waals surface area contributed by atoms with Crippen LogP contribution in [0.2, 0.25) is 5.02 Å². The number of halogens is 1. The molecule has 0 aromatic heterocycles. The van der Waals surface area contributed by atoms with Crippen LogP contribution in [0, 0.1) is 17.8 Å². The maximum atomic E-state index is 13.4. The number of sulfonamides is 1. The molecule has 2 bridgehead atoms. The predicted molar refractivity (Wildman–Crippen MR) is 174 cm³/mol. The Kier molecular flexibility index (Phi) is 10.5. The Bertz CT molecular complexity index is 1430. The van der Waals surface area contributed by atoms with Crippen LogP contribution < -0.4 is 14.4 Å². The molecule has 44 heavy (non-hydrogen) atoms. The summed E-state index contributed by atoms with van der Waals surface area (Å²) in [5.41, 5.74) is 2.93. The molecule has 5 atom stereocenters. The van der Waals surface area contributed by atoms with Gasteiger partial charge in [0.05, 0.1) is 23.1 Å². The quantitative estimate of drug-likeness (QED) is 0.413. The molecule has 3 aliphatic rings. The largest absolute Gasteiger partial charge is 0.487 e. The standard InChI is InChI=1S/C34H47ClN2O6S/c1-23-8-7-16-34(42-4,22-41-3)30-14-11-27(30)20-37-17-6-5-9-25-18-29(35)13-10-28(25)21-43-32-15-12-26(19-31(32)37)33(38)36-44(39,40)24(23)2/h10,12-13,15,18-19,23-24,27,30H,5-9,11,14,16-17,20-22H2,1-4H3,(H,36,38)/t23-,24+,27-,30+,34+/m0/s1. The molecule has 1 N–H and O–H groups in total. The van der Waals surface area contributed by atoms with Crippen LogP contribution in [-0.4, -0.2) is 59.1 Å². The third-order valence-electron chi connectivity index (χ3n) is 10.4. The number of hydrogen-bond donors (Lipinski definition) is 1. The van der Waals surface area contributed by atoms with Gasteiger partial charge in [0.15, 0.2) is 0 Å². The fourth-order valence-electron chi connectivity index (χ4n) is 7.31. The highest BCUT2D eigenvalue weighted by Crippen LogP contribution is 2.47. The van der Waals surface area contributed by atoms with Gasteiger partial charge in [-0.3, -0.25) is 4.79 Å². The third kappa shape index (κ3) is 7.06. The summed E-state index contributed by atoms with van der Waals surface area (Å²) in [6, 6.07) is 11.2. The van der Waals surface area contributed by atoms with E-state index in [1.807, 2.05) is 25.1 Å². The molecule has 0 saturated heterocycles. The van der Waals surface area contributed by atoms with E-state index in [2.05, 4.69) is 9.62 Å². The summed E-state index contributed by atoms with van der Waals surface area (Å²) in [5.74, 6) is 0.587.